The summed E-state index contributed by atoms with van der Waals surface area (Å²) >= 11 is 0. The molecule has 0 aromatic heterocycles. The van der Waals surface area contributed by atoms with Gasteiger partial charge in [0, 0.05) is 44.2 Å². The number of hydrogen-bond acceptors (Lipinski definition) is 9. The third-order valence-electron chi connectivity index (χ3n) is 8.03. The Morgan fingerprint density at radius 1 is 1.02 bits per heavy atom. The van der Waals surface area contributed by atoms with Crippen molar-refractivity contribution in [2.24, 2.45) is 10.9 Å². The van der Waals surface area contributed by atoms with Crippen LogP contribution in [0.15, 0.2) is 77.8 Å². The second-order valence-corrected chi connectivity index (χ2v) is 11.2. The number of rotatable bonds is 12. The summed E-state index contributed by atoms with van der Waals surface area (Å²) in [4.78, 5) is 43.8. The van der Waals surface area contributed by atoms with Gasteiger partial charge in [-0.2, -0.15) is 0 Å². The molecule has 2 heterocycles. The average molecular weight is 629 g/mol. The van der Waals surface area contributed by atoms with Crippen LogP contribution in [-0.4, -0.2) is 74.8 Å². The average Bonchev–Trinajstić information content (AvgIpc) is 3.10. The van der Waals surface area contributed by atoms with Gasteiger partial charge in [0.15, 0.2) is 0 Å². The maximum absolute atomic E-state index is 13.0. The van der Waals surface area contributed by atoms with E-state index in [1.807, 2.05) is 60.7 Å². The second-order valence-electron chi connectivity index (χ2n) is 11.2. The number of ether oxygens (including phenoxy) is 2. The minimum absolute atomic E-state index is 0.00968. The van der Waals surface area contributed by atoms with Crippen LogP contribution >= 0.6 is 0 Å². The van der Waals surface area contributed by atoms with E-state index in [9.17, 15) is 19.5 Å². The van der Waals surface area contributed by atoms with E-state index in [2.05, 4.69) is 31.2 Å². The van der Waals surface area contributed by atoms with Crippen molar-refractivity contribution in [3.05, 3.63) is 83.9 Å². The van der Waals surface area contributed by atoms with Crippen LogP contribution in [0, 0.1) is 5.92 Å². The van der Waals surface area contributed by atoms with E-state index in [-0.39, 0.29) is 25.0 Å². The fourth-order valence-corrected chi connectivity index (χ4v) is 5.52. The molecule has 0 unspecified atom stereocenters. The first-order valence-corrected chi connectivity index (χ1v) is 15.5. The zero-order valence-corrected chi connectivity index (χ0v) is 25.8. The van der Waals surface area contributed by atoms with E-state index in [1.54, 1.807) is 19.2 Å². The first-order chi connectivity index (χ1) is 22.4. The number of carboxylic acid groups (broad SMARTS) is 1. The van der Waals surface area contributed by atoms with Crippen LogP contribution in [-0.2, 0) is 20.9 Å². The molecule has 0 radical (unpaired) electrons. The lowest BCUT2D eigenvalue weighted by atomic mass is 9.95. The molecule has 0 saturated carbocycles. The van der Waals surface area contributed by atoms with Gasteiger partial charge in [-0.3, -0.25) is 9.79 Å². The quantitative estimate of drug-likeness (QED) is 0.201. The van der Waals surface area contributed by atoms with Crippen LogP contribution in [0.5, 0.6) is 5.75 Å². The van der Waals surface area contributed by atoms with Crippen molar-refractivity contribution in [3.63, 3.8) is 0 Å². The minimum atomic E-state index is -1.32. The number of carbonyl (C=O) groups is 3. The summed E-state index contributed by atoms with van der Waals surface area (Å²) < 4.78 is 10.8. The molecule has 12 nitrogen and oxygen atoms in total. The Morgan fingerprint density at radius 2 is 1.78 bits per heavy atom. The lowest BCUT2D eigenvalue weighted by Crippen LogP contribution is -2.50. The largest absolute Gasteiger partial charge is 0.495 e. The van der Waals surface area contributed by atoms with Crippen molar-refractivity contribution in [1.29, 1.82) is 0 Å². The third-order valence-corrected chi connectivity index (χ3v) is 8.03. The van der Waals surface area contributed by atoms with E-state index >= 15 is 0 Å². The number of para-hydroxylation sites is 2. The molecular formula is C34H40N6O6. The molecule has 242 valence electrons. The SMILES string of the molecule is COc1ccc(C2=NCCCN2)cc1Nc1ccccc1N1CCC(C(=O)NC[C@H](NC(=O)OCc2ccccc2)C(=O)O)CC1. The van der Waals surface area contributed by atoms with E-state index in [4.69, 9.17) is 9.47 Å². The van der Waals surface area contributed by atoms with Crippen LogP contribution in [0.4, 0.5) is 21.9 Å². The summed E-state index contributed by atoms with van der Waals surface area (Å²) in [5.41, 5.74) is 4.50. The summed E-state index contributed by atoms with van der Waals surface area (Å²) in [5.74, 6) is -0.196. The molecular weight excluding hydrogens is 588 g/mol. The summed E-state index contributed by atoms with van der Waals surface area (Å²) in [7, 11) is 1.64. The number of methoxy groups -OCH3 is 1. The van der Waals surface area contributed by atoms with Crippen molar-refractivity contribution in [2.45, 2.75) is 31.9 Å². The number of carbonyl (C=O) groups excluding carboxylic acids is 2. The zero-order valence-electron chi connectivity index (χ0n) is 25.8. The Balaban J connectivity index is 1.15. The van der Waals surface area contributed by atoms with Crippen LogP contribution < -0.4 is 30.9 Å². The van der Waals surface area contributed by atoms with Crippen molar-refractivity contribution in [2.75, 3.05) is 50.1 Å². The molecule has 12 heteroatoms. The van der Waals surface area contributed by atoms with Crippen LogP contribution in [0.25, 0.3) is 0 Å². The molecule has 1 saturated heterocycles. The van der Waals surface area contributed by atoms with Gasteiger partial charge in [-0.25, -0.2) is 9.59 Å². The van der Waals surface area contributed by atoms with Gasteiger partial charge in [0.2, 0.25) is 5.91 Å². The molecule has 1 fully saturated rings. The number of piperidine rings is 1. The summed E-state index contributed by atoms with van der Waals surface area (Å²) in [5, 5.41) is 21.5. The molecule has 2 aliphatic heterocycles. The van der Waals surface area contributed by atoms with Crippen molar-refractivity contribution >= 4 is 40.9 Å². The molecule has 0 bridgehead atoms. The lowest BCUT2D eigenvalue weighted by Gasteiger charge is -2.34. The number of aliphatic carboxylic acids is 1. The maximum Gasteiger partial charge on any atom is 0.408 e. The Hall–Kier alpha value is -5.26. The highest BCUT2D eigenvalue weighted by Crippen LogP contribution is 2.35. The Labute approximate surface area is 268 Å². The minimum Gasteiger partial charge on any atom is -0.495 e. The number of benzene rings is 3. The molecule has 5 rings (SSSR count). The van der Waals surface area contributed by atoms with E-state index < -0.39 is 18.1 Å². The molecule has 2 amide bonds. The molecule has 2 aliphatic rings. The van der Waals surface area contributed by atoms with E-state index in [0.717, 1.165) is 53.5 Å². The molecule has 1 atom stereocenters. The van der Waals surface area contributed by atoms with Crippen LogP contribution in [0.2, 0.25) is 0 Å². The Kier molecular flexibility index (Phi) is 10.9. The van der Waals surface area contributed by atoms with Gasteiger partial charge in [0.1, 0.15) is 24.2 Å². The van der Waals surface area contributed by atoms with Crippen molar-refractivity contribution in [3.8, 4) is 5.75 Å². The third kappa shape index (κ3) is 8.46. The number of aliphatic imine (C=N–C) groups is 1. The van der Waals surface area contributed by atoms with Gasteiger partial charge in [0.05, 0.1) is 24.2 Å². The number of carboxylic acids is 1. The van der Waals surface area contributed by atoms with E-state index in [1.165, 1.54) is 0 Å². The number of anilines is 3. The fraction of sp³-hybridized carbons (Fsp3) is 0.353. The smallest absolute Gasteiger partial charge is 0.408 e. The second kappa shape index (κ2) is 15.6. The maximum atomic E-state index is 13.0. The highest BCUT2D eigenvalue weighted by molar-refractivity contribution is 6.00. The highest BCUT2D eigenvalue weighted by Gasteiger charge is 2.28. The number of amidine groups is 1. The molecule has 5 N–H and O–H groups in total. The van der Waals surface area contributed by atoms with Crippen molar-refractivity contribution in [1.82, 2.24) is 16.0 Å². The first-order valence-electron chi connectivity index (χ1n) is 15.5. The molecule has 46 heavy (non-hydrogen) atoms. The lowest BCUT2D eigenvalue weighted by molar-refractivity contribution is -0.139. The predicted octanol–water partition coefficient (Wildman–Crippen LogP) is 3.89. The molecule has 0 spiro atoms. The highest BCUT2D eigenvalue weighted by atomic mass is 16.5. The van der Waals surface area contributed by atoms with Gasteiger partial charge < -0.3 is 40.7 Å². The normalized spacial score (nSPS) is 15.5. The number of amides is 2. The number of nitrogens with zero attached hydrogens (tertiary/aromatic N) is 2. The zero-order chi connectivity index (χ0) is 32.3. The van der Waals surface area contributed by atoms with Gasteiger partial charge in [-0.05, 0) is 55.2 Å². The van der Waals surface area contributed by atoms with Gasteiger partial charge in [-0.15, -0.1) is 0 Å². The standard InChI is InChI=1S/C34H40N6O6/c1-45-30-13-12-25(31-35-16-7-17-36-31)20-27(30)38-26-10-5-6-11-29(26)40-18-14-24(15-19-40)32(41)37-21-28(33(42)43)39-34(44)46-22-23-8-3-2-4-9-23/h2-6,8-13,20,24,28,38H,7,14-19,21-22H2,1H3,(H,35,36)(H,37,41)(H,39,44)(H,42,43)/t28-/m0/s1. The van der Waals surface area contributed by atoms with Crippen molar-refractivity contribution < 1.29 is 29.0 Å². The first kappa shape index (κ1) is 32.1. The Morgan fingerprint density at radius 3 is 2.50 bits per heavy atom. The molecule has 3 aromatic rings. The topological polar surface area (TPSA) is 154 Å². The predicted molar refractivity (Wildman–Crippen MR) is 176 cm³/mol. The summed E-state index contributed by atoms with van der Waals surface area (Å²) in [6, 6.07) is 21.7. The van der Waals surface area contributed by atoms with Gasteiger partial charge in [0.25, 0.3) is 0 Å². The fourth-order valence-electron chi connectivity index (χ4n) is 5.52. The number of nitrogens with one attached hydrogen (secondary N) is 4. The van der Waals surface area contributed by atoms with Crippen LogP contribution in [0.1, 0.15) is 30.4 Å². The number of alkyl carbamates (subject to hydrolysis) is 1. The van der Waals surface area contributed by atoms with Gasteiger partial charge >= 0.3 is 12.1 Å². The molecule has 3 aromatic carbocycles. The van der Waals surface area contributed by atoms with E-state index in [0.29, 0.717) is 31.7 Å². The summed E-state index contributed by atoms with van der Waals surface area (Å²) in [6.45, 7) is 2.74. The van der Waals surface area contributed by atoms with Crippen LogP contribution in [0.3, 0.4) is 0 Å². The summed E-state index contributed by atoms with van der Waals surface area (Å²) in [6.07, 6.45) is 1.33. The number of hydrogen-bond donors (Lipinski definition) is 5. The Bertz CT molecular complexity index is 1540. The monoisotopic (exact) mass is 628 g/mol. The molecule has 0 aliphatic carbocycles. The van der Waals surface area contributed by atoms with Gasteiger partial charge in [-0.1, -0.05) is 42.5 Å².